The van der Waals surface area contributed by atoms with E-state index in [1.54, 1.807) is 0 Å². The van der Waals surface area contributed by atoms with Crippen molar-refractivity contribution in [3.63, 3.8) is 0 Å². The number of rotatable bonds is 5. The molecule has 0 spiro atoms. The average molecular weight is 405 g/mol. The van der Waals surface area contributed by atoms with Gasteiger partial charge in [-0.3, -0.25) is 0 Å². The molecule has 0 radical (unpaired) electrons. The Morgan fingerprint density at radius 2 is 1.80 bits per heavy atom. The SMILES string of the molecule is Nc1cc(F)cc(Br)c1OCCOc1cccc(Br)c1. The summed E-state index contributed by atoms with van der Waals surface area (Å²) in [6.45, 7) is 0.667. The van der Waals surface area contributed by atoms with Crippen LogP contribution >= 0.6 is 31.9 Å². The summed E-state index contributed by atoms with van der Waals surface area (Å²) in [5, 5.41) is 0. The van der Waals surface area contributed by atoms with Gasteiger partial charge in [0.25, 0.3) is 0 Å². The second kappa shape index (κ2) is 6.95. The highest BCUT2D eigenvalue weighted by Gasteiger charge is 2.08. The fraction of sp³-hybridized carbons (Fsp3) is 0.143. The van der Waals surface area contributed by atoms with Crippen LogP contribution in [0.5, 0.6) is 11.5 Å². The summed E-state index contributed by atoms with van der Waals surface area (Å²) < 4.78 is 25.5. The third-order valence-electron chi connectivity index (χ3n) is 2.43. The van der Waals surface area contributed by atoms with Crippen LogP contribution < -0.4 is 15.2 Å². The lowest BCUT2D eigenvalue weighted by Gasteiger charge is -2.12. The van der Waals surface area contributed by atoms with Gasteiger partial charge in [-0.15, -0.1) is 0 Å². The summed E-state index contributed by atoms with van der Waals surface area (Å²) in [7, 11) is 0. The largest absolute Gasteiger partial charge is 0.490 e. The van der Waals surface area contributed by atoms with Crippen LogP contribution in [0.4, 0.5) is 10.1 Å². The van der Waals surface area contributed by atoms with E-state index in [0.29, 0.717) is 23.4 Å². The lowest BCUT2D eigenvalue weighted by atomic mass is 10.3. The molecule has 0 saturated carbocycles. The van der Waals surface area contributed by atoms with Gasteiger partial charge in [-0.1, -0.05) is 22.0 Å². The second-order valence-corrected chi connectivity index (χ2v) is 5.73. The van der Waals surface area contributed by atoms with Crippen molar-refractivity contribution in [2.45, 2.75) is 0 Å². The second-order valence-electron chi connectivity index (χ2n) is 3.96. The van der Waals surface area contributed by atoms with E-state index >= 15 is 0 Å². The van der Waals surface area contributed by atoms with Gasteiger partial charge < -0.3 is 15.2 Å². The summed E-state index contributed by atoms with van der Waals surface area (Å²) in [4.78, 5) is 0. The van der Waals surface area contributed by atoms with E-state index in [4.69, 9.17) is 15.2 Å². The molecule has 3 nitrogen and oxygen atoms in total. The summed E-state index contributed by atoms with van der Waals surface area (Å²) in [6, 6.07) is 10.0. The molecule has 0 unspecified atom stereocenters. The molecular formula is C14H12Br2FNO2. The molecule has 0 aliphatic carbocycles. The van der Waals surface area contributed by atoms with Crippen LogP contribution in [0.25, 0.3) is 0 Å². The third-order valence-corrected chi connectivity index (χ3v) is 3.51. The zero-order chi connectivity index (χ0) is 14.5. The Hall–Kier alpha value is -1.27. The number of hydrogen-bond donors (Lipinski definition) is 1. The molecule has 0 aliphatic rings. The molecule has 20 heavy (non-hydrogen) atoms. The van der Waals surface area contributed by atoms with Crippen molar-refractivity contribution in [1.82, 2.24) is 0 Å². The van der Waals surface area contributed by atoms with E-state index in [1.807, 2.05) is 24.3 Å². The van der Waals surface area contributed by atoms with Gasteiger partial charge in [0.2, 0.25) is 0 Å². The highest BCUT2D eigenvalue weighted by atomic mass is 79.9. The van der Waals surface area contributed by atoms with Crippen LogP contribution in [-0.2, 0) is 0 Å². The Morgan fingerprint density at radius 1 is 1.05 bits per heavy atom. The van der Waals surface area contributed by atoms with Crippen LogP contribution in [0.2, 0.25) is 0 Å². The molecular weight excluding hydrogens is 393 g/mol. The molecule has 2 rings (SSSR count). The lowest BCUT2D eigenvalue weighted by molar-refractivity contribution is 0.217. The molecule has 2 aromatic carbocycles. The van der Waals surface area contributed by atoms with Crippen LogP contribution in [0.1, 0.15) is 0 Å². The maximum Gasteiger partial charge on any atom is 0.156 e. The van der Waals surface area contributed by atoms with Gasteiger partial charge in [0.05, 0.1) is 10.2 Å². The molecule has 106 valence electrons. The van der Waals surface area contributed by atoms with Crippen molar-refractivity contribution >= 4 is 37.5 Å². The summed E-state index contributed by atoms with van der Waals surface area (Å²) in [5.74, 6) is 0.755. The number of nitrogens with two attached hydrogens (primary N) is 1. The van der Waals surface area contributed by atoms with Gasteiger partial charge >= 0.3 is 0 Å². The Morgan fingerprint density at radius 3 is 2.50 bits per heavy atom. The first-order valence-corrected chi connectivity index (χ1v) is 7.40. The van der Waals surface area contributed by atoms with Crippen LogP contribution in [0, 0.1) is 5.82 Å². The van der Waals surface area contributed by atoms with Crippen molar-refractivity contribution in [3.8, 4) is 11.5 Å². The van der Waals surface area contributed by atoms with Crippen molar-refractivity contribution in [3.05, 3.63) is 51.2 Å². The van der Waals surface area contributed by atoms with E-state index in [-0.39, 0.29) is 5.69 Å². The van der Waals surface area contributed by atoms with Crippen molar-refractivity contribution in [1.29, 1.82) is 0 Å². The van der Waals surface area contributed by atoms with Gasteiger partial charge in [-0.25, -0.2) is 4.39 Å². The van der Waals surface area contributed by atoms with Gasteiger partial charge in [0, 0.05) is 10.5 Å². The number of anilines is 1. The van der Waals surface area contributed by atoms with E-state index in [0.717, 1.165) is 10.2 Å². The summed E-state index contributed by atoms with van der Waals surface area (Å²) >= 11 is 6.58. The van der Waals surface area contributed by atoms with Crippen molar-refractivity contribution in [2.24, 2.45) is 0 Å². The molecule has 6 heteroatoms. The number of benzene rings is 2. The van der Waals surface area contributed by atoms with Crippen molar-refractivity contribution < 1.29 is 13.9 Å². The molecule has 2 N–H and O–H groups in total. The number of nitrogen functional groups attached to an aromatic ring is 1. The summed E-state index contributed by atoms with van der Waals surface area (Å²) in [5.41, 5.74) is 5.94. The molecule has 0 aliphatic heterocycles. The monoisotopic (exact) mass is 403 g/mol. The minimum absolute atomic E-state index is 0.249. The predicted octanol–water partition coefficient (Wildman–Crippen LogP) is 4.39. The quantitative estimate of drug-likeness (QED) is 0.593. The molecule has 0 atom stereocenters. The summed E-state index contributed by atoms with van der Waals surface area (Å²) in [6.07, 6.45) is 0. The minimum atomic E-state index is -0.410. The molecule has 0 amide bonds. The van der Waals surface area contributed by atoms with E-state index in [9.17, 15) is 4.39 Å². The van der Waals surface area contributed by atoms with Gasteiger partial charge in [-0.05, 0) is 40.2 Å². The molecule has 0 saturated heterocycles. The third kappa shape index (κ3) is 4.11. The molecule has 2 aromatic rings. The predicted molar refractivity (Wildman–Crippen MR) is 83.6 cm³/mol. The number of halogens is 3. The first kappa shape index (κ1) is 15.1. The molecule has 0 heterocycles. The van der Waals surface area contributed by atoms with E-state index in [1.165, 1.54) is 12.1 Å². The first-order chi connectivity index (χ1) is 9.56. The van der Waals surface area contributed by atoms with Crippen LogP contribution in [0.3, 0.4) is 0 Å². The van der Waals surface area contributed by atoms with Gasteiger partial charge in [-0.2, -0.15) is 0 Å². The maximum atomic E-state index is 13.1. The molecule has 0 bridgehead atoms. The van der Waals surface area contributed by atoms with E-state index < -0.39 is 5.82 Å². The minimum Gasteiger partial charge on any atom is -0.490 e. The zero-order valence-electron chi connectivity index (χ0n) is 10.4. The zero-order valence-corrected chi connectivity index (χ0v) is 13.6. The maximum absolute atomic E-state index is 13.1. The Labute approximate surface area is 133 Å². The normalized spacial score (nSPS) is 10.3. The van der Waals surface area contributed by atoms with Gasteiger partial charge in [0.15, 0.2) is 5.75 Å². The van der Waals surface area contributed by atoms with E-state index in [2.05, 4.69) is 31.9 Å². The molecule has 0 fully saturated rings. The number of hydrogen-bond acceptors (Lipinski definition) is 3. The van der Waals surface area contributed by atoms with Gasteiger partial charge in [0.1, 0.15) is 24.8 Å². The lowest BCUT2D eigenvalue weighted by Crippen LogP contribution is -2.10. The van der Waals surface area contributed by atoms with Crippen LogP contribution in [-0.4, -0.2) is 13.2 Å². The topological polar surface area (TPSA) is 44.5 Å². The average Bonchev–Trinajstić information content (AvgIpc) is 2.36. The van der Waals surface area contributed by atoms with Crippen LogP contribution in [0.15, 0.2) is 45.3 Å². The fourth-order valence-electron chi connectivity index (χ4n) is 1.59. The molecule has 0 aromatic heterocycles. The number of ether oxygens (including phenoxy) is 2. The fourth-order valence-corrected chi connectivity index (χ4v) is 2.53. The standard InChI is InChI=1S/C14H12Br2FNO2/c15-9-2-1-3-11(6-9)19-4-5-20-14-12(16)7-10(17)8-13(14)18/h1-3,6-8H,4-5,18H2. The Bertz CT molecular complexity index is 584. The Kier molecular flexibility index (Phi) is 5.25. The highest BCUT2D eigenvalue weighted by Crippen LogP contribution is 2.32. The highest BCUT2D eigenvalue weighted by molar-refractivity contribution is 9.10. The smallest absolute Gasteiger partial charge is 0.156 e. The first-order valence-electron chi connectivity index (χ1n) is 5.82. The Balaban J connectivity index is 1.88. The van der Waals surface area contributed by atoms with Crippen molar-refractivity contribution in [2.75, 3.05) is 18.9 Å².